The fraction of sp³-hybridized carbons (Fsp3) is 0.217. The summed E-state index contributed by atoms with van der Waals surface area (Å²) in [7, 11) is 1.94. The van der Waals surface area contributed by atoms with Crippen molar-refractivity contribution in [3.63, 3.8) is 0 Å². The van der Waals surface area contributed by atoms with Crippen molar-refractivity contribution in [2.45, 2.75) is 23.8 Å². The van der Waals surface area contributed by atoms with E-state index in [0.717, 1.165) is 27.4 Å². The van der Waals surface area contributed by atoms with Gasteiger partial charge in [-0.1, -0.05) is 54.2 Å². The van der Waals surface area contributed by atoms with Gasteiger partial charge in [0.15, 0.2) is 10.9 Å². The Morgan fingerprint density at radius 1 is 1.21 bits per heavy atom. The van der Waals surface area contributed by atoms with Gasteiger partial charge in [-0.05, 0) is 41.3 Å². The molecule has 146 valence electrons. The van der Waals surface area contributed by atoms with Gasteiger partial charge in [0.05, 0.1) is 6.54 Å². The van der Waals surface area contributed by atoms with E-state index in [1.165, 1.54) is 5.56 Å². The SMILES string of the molecule is C[C@H](Sc1nncn1C)c1cccc(CC(=O)c2cccc(C3=CC=NC3)c2)c1. The van der Waals surface area contributed by atoms with E-state index in [0.29, 0.717) is 13.0 Å². The summed E-state index contributed by atoms with van der Waals surface area (Å²) >= 11 is 1.66. The fourth-order valence-electron chi connectivity index (χ4n) is 3.28. The maximum atomic E-state index is 12.9. The zero-order valence-electron chi connectivity index (χ0n) is 16.4. The van der Waals surface area contributed by atoms with Crippen molar-refractivity contribution in [1.82, 2.24) is 14.8 Å². The molecule has 0 N–H and O–H groups in total. The van der Waals surface area contributed by atoms with Crippen LogP contribution >= 0.6 is 11.8 Å². The molecule has 3 aromatic rings. The Balaban J connectivity index is 1.47. The molecule has 1 aromatic heterocycles. The molecular weight excluding hydrogens is 380 g/mol. The van der Waals surface area contributed by atoms with E-state index >= 15 is 0 Å². The monoisotopic (exact) mass is 402 g/mol. The zero-order valence-corrected chi connectivity index (χ0v) is 17.3. The molecule has 4 rings (SSSR count). The molecule has 1 aliphatic heterocycles. The first kappa shape index (κ1) is 19.3. The Bertz CT molecular complexity index is 1100. The van der Waals surface area contributed by atoms with Crippen molar-refractivity contribution in [2.75, 3.05) is 6.54 Å². The van der Waals surface area contributed by atoms with E-state index in [4.69, 9.17) is 0 Å². The fourth-order valence-corrected chi connectivity index (χ4v) is 4.18. The number of ketones is 1. The number of nitrogens with zero attached hydrogens (tertiary/aromatic N) is 4. The Morgan fingerprint density at radius 3 is 2.83 bits per heavy atom. The second-order valence-corrected chi connectivity index (χ2v) is 8.40. The summed E-state index contributed by atoms with van der Waals surface area (Å²) in [5.41, 5.74) is 5.14. The van der Waals surface area contributed by atoms with Gasteiger partial charge in [0.2, 0.25) is 0 Å². The molecule has 2 heterocycles. The molecular formula is C23H22N4OS. The minimum Gasteiger partial charge on any atom is -0.312 e. The van der Waals surface area contributed by atoms with Crippen LogP contribution in [0.25, 0.3) is 5.57 Å². The molecule has 0 aliphatic carbocycles. The number of benzene rings is 2. The molecule has 29 heavy (non-hydrogen) atoms. The first-order valence-corrected chi connectivity index (χ1v) is 10.4. The molecule has 0 fully saturated rings. The van der Waals surface area contributed by atoms with Gasteiger partial charge < -0.3 is 4.57 Å². The Hall–Kier alpha value is -2.99. The van der Waals surface area contributed by atoms with E-state index in [1.54, 1.807) is 18.1 Å². The molecule has 0 unspecified atom stereocenters. The van der Waals surface area contributed by atoms with Crippen LogP contribution in [0.3, 0.4) is 0 Å². The van der Waals surface area contributed by atoms with E-state index < -0.39 is 0 Å². The molecule has 0 saturated carbocycles. The van der Waals surface area contributed by atoms with Gasteiger partial charge in [-0.25, -0.2) is 0 Å². The highest BCUT2D eigenvalue weighted by Gasteiger charge is 2.14. The topological polar surface area (TPSA) is 60.1 Å². The molecule has 0 saturated heterocycles. The minimum atomic E-state index is 0.122. The quantitative estimate of drug-likeness (QED) is 0.429. The Labute approximate surface area is 174 Å². The van der Waals surface area contributed by atoms with Crippen LogP contribution in [-0.2, 0) is 13.5 Å². The van der Waals surface area contributed by atoms with Gasteiger partial charge >= 0.3 is 0 Å². The summed E-state index contributed by atoms with van der Waals surface area (Å²) in [5, 5.41) is 9.16. The first-order valence-electron chi connectivity index (χ1n) is 9.52. The van der Waals surface area contributed by atoms with Crippen LogP contribution in [0.5, 0.6) is 0 Å². The van der Waals surface area contributed by atoms with Crippen molar-refractivity contribution in [3.05, 3.63) is 83.2 Å². The summed E-state index contributed by atoms with van der Waals surface area (Å²) < 4.78 is 1.91. The Kier molecular flexibility index (Phi) is 5.71. The van der Waals surface area contributed by atoms with Crippen molar-refractivity contribution < 1.29 is 4.79 Å². The van der Waals surface area contributed by atoms with Crippen LogP contribution in [0.1, 0.15) is 39.2 Å². The lowest BCUT2D eigenvalue weighted by Crippen LogP contribution is -2.05. The lowest BCUT2D eigenvalue weighted by Gasteiger charge is -2.12. The third kappa shape index (κ3) is 4.54. The number of aliphatic imine (C=N–C) groups is 1. The van der Waals surface area contributed by atoms with Gasteiger partial charge in [0, 0.05) is 30.5 Å². The number of carbonyl (C=O) groups is 1. The number of aryl methyl sites for hydroxylation is 1. The largest absolute Gasteiger partial charge is 0.312 e. The third-order valence-corrected chi connectivity index (χ3v) is 6.14. The number of thioether (sulfide) groups is 1. The number of carbonyl (C=O) groups excluding carboxylic acids is 1. The average molecular weight is 403 g/mol. The lowest BCUT2D eigenvalue weighted by atomic mass is 9.97. The van der Waals surface area contributed by atoms with Crippen molar-refractivity contribution in [1.29, 1.82) is 0 Å². The maximum Gasteiger partial charge on any atom is 0.191 e. The van der Waals surface area contributed by atoms with Gasteiger partial charge in [-0.15, -0.1) is 10.2 Å². The lowest BCUT2D eigenvalue weighted by molar-refractivity contribution is 0.0993. The van der Waals surface area contributed by atoms with Crippen molar-refractivity contribution in [2.24, 2.45) is 12.0 Å². The molecule has 1 aliphatic rings. The molecule has 0 spiro atoms. The maximum absolute atomic E-state index is 12.9. The molecule has 0 bridgehead atoms. The molecule has 2 aromatic carbocycles. The van der Waals surface area contributed by atoms with Crippen LogP contribution in [0.2, 0.25) is 0 Å². The van der Waals surface area contributed by atoms with Crippen LogP contribution < -0.4 is 0 Å². The highest BCUT2D eigenvalue weighted by molar-refractivity contribution is 7.99. The van der Waals surface area contributed by atoms with Crippen molar-refractivity contribution >= 4 is 29.3 Å². The zero-order chi connectivity index (χ0) is 20.2. The molecule has 6 heteroatoms. The molecule has 1 atom stereocenters. The summed E-state index contributed by atoms with van der Waals surface area (Å²) in [5.74, 6) is 0.122. The second kappa shape index (κ2) is 8.57. The molecule has 0 radical (unpaired) electrons. The van der Waals surface area contributed by atoms with Crippen LogP contribution in [0, 0.1) is 0 Å². The van der Waals surface area contributed by atoms with E-state index in [-0.39, 0.29) is 11.0 Å². The standard InChI is InChI=1S/C23H22N4OS/c1-16(29-23-26-25-15-27(23)2)18-6-3-5-17(11-18)12-22(28)20-8-4-7-19(13-20)21-9-10-24-14-21/h3-11,13,15-16H,12,14H2,1-2H3/t16-/m0/s1. The number of hydrogen-bond donors (Lipinski definition) is 0. The number of aromatic nitrogens is 3. The predicted molar refractivity (Wildman–Crippen MR) is 118 cm³/mol. The van der Waals surface area contributed by atoms with Gasteiger partial charge in [0.1, 0.15) is 6.33 Å². The smallest absolute Gasteiger partial charge is 0.191 e. The second-order valence-electron chi connectivity index (χ2n) is 7.09. The summed E-state index contributed by atoms with van der Waals surface area (Å²) in [4.78, 5) is 17.1. The molecule has 0 amide bonds. The van der Waals surface area contributed by atoms with E-state index in [9.17, 15) is 4.79 Å². The highest BCUT2D eigenvalue weighted by atomic mass is 32.2. The normalized spacial score (nSPS) is 14.1. The average Bonchev–Trinajstić information content (AvgIpc) is 3.41. The summed E-state index contributed by atoms with van der Waals surface area (Å²) in [6, 6.07) is 16.1. The van der Waals surface area contributed by atoms with Crippen molar-refractivity contribution in [3.8, 4) is 0 Å². The number of Topliss-reactive ketones (excluding diaryl/α,β-unsaturated/α-hetero) is 1. The van der Waals surface area contributed by atoms with Gasteiger partial charge in [-0.2, -0.15) is 0 Å². The van der Waals surface area contributed by atoms with E-state index in [2.05, 4.69) is 34.2 Å². The third-order valence-electron chi connectivity index (χ3n) is 4.94. The number of rotatable bonds is 7. The highest BCUT2D eigenvalue weighted by Crippen LogP contribution is 2.33. The number of allylic oxidation sites excluding steroid dienone is 1. The predicted octanol–water partition coefficient (Wildman–Crippen LogP) is 4.56. The van der Waals surface area contributed by atoms with Gasteiger partial charge in [0.25, 0.3) is 0 Å². The van der Waals surface area contributed by atoms with Crippen LogP contribution in [0.4, 0.5) is 0 Å². The van der Waals surface area contributed by atoms with E-state index in [1.807, 2.05) is 60.3 Å². The summed E-state index contributed by atoms with van der Waals surface area (Å²) in [6.45, 7) is 2.82. The van der Waals surface area contributed by atoms with Crippen LogP contribution in [-0.4, -0.2) is 33.3 Å². The summed E-state index contributed by atoms with van der Waals surface area (Å²) in [6.07, 6.45) is 5.90. The first-order chi connectivity index (χ1) is 14.1. The minimum absolute atomic E-state index is 0.122. The van der Waals surface area contributed by atoms with Gasteiger partial charge in [-0.3, -0.25) is 9.79 Å². The Morgan fingerprint density at radius 2 is 2.07 bits per heavy atom. The molecule has 5 nitrogen and oxygen atoms in total. The van der Waals surface area contributed by atoms with Crippen LogP contribution in [0.15, 0.2) is 71.1 Å². The number of hydrogen-bond acceptors (Lipinski definition) is 5.